The molecule has 0 bridgehead atoms. The average Bonchev–Trinajstić information content (AvgIpc) is 2.36. The van der Waals surface area contributed by atoms with E-state index in [1.54, 1.807) is 6.07 Å². The quantitative estimate of drug-likeness (QED) is 0.511. The maximum Gasteiger partial charge on any atom is 0.311 e. The van der Waals surface area contributed by atoms with Crippen LogP contribution in [0.5, 0.6) is 0 Å². The normalized spacial score (nSPS) is 10.5. The monoisotopic (exact) mass is 317 g/mol. The van der Waals surface area contributed by atoms with Crippen LogP contribution in [-0.2, 0) is 0 Å². The molecule has 1 aromatic carbocycles. The summed E-state index contributed by atoms with van der Waals surface area (Å²) in [6.07, 6.45) is 1.35. The first-order valence-corrected chi connectivity index (χ1v) is 6.09. The minimum Gasteiger partial charge on any atom is -0.378 e. The average molecular weight is 319 g/mol. The van der Waals surface area contributed by atoms with Crippen LogP contribution in [0.3, 0.4) is 0 Å². The summed E-state index contributed by atoms with van der Waals surface area (Å²) in [5.74, 6) is -0.178. The number of nitrogen functional groups attached to an aromatic ring is 1. The summed E-state index contributed by atoms with van der Waals surface area (Å²) in [4.78, 5) is 14.0. The Balaban J connectivity index is 2.70. The van der Waals surface area contributed by atoms with E-state index in [0.717, 1.165) is 0 Å². The minimum atomic E-state index is -0.627. The van der Waals surface area contributed by atoms with E-state index < -0.39 is 4.92 Å². The fourth-order valence-corrected chi connectivity index (χ4v) is 2.28. The molecular formula is C11H6Cl3N3O2. The fourth-order valence-electron chi connectivity index (χ4n) is 1.54. The number of anilines is 1. The molecule has 2 rings (SSSR count). The first-order valence-electron chi connectivity index (χ1n) is 4.95. The van der Waals surface area contributed by atoms with E-state index in [-0.39, 0.29) is 16.5 Å². The number of nitro groups is 1. The van der Waals surface area contributed by atoms with E-state index in [4.69, 9.17) is 40.5 Å². The molecule has 0 saturated carbocycles. The summed E-state index contributed by atoms with van der Waals surface area (Å²) in [6, 6.07) is 4.34. The van der Waals surface area contributed by atoms with Crippen LogP contribution in [0.1, 0.15) is 0 Å². The van der Waals surface area contributed by atoms with E-state index in [9.17, 15) is 10.1 Å². The standard InChI is InChI=1S/C11H6Cl3N3O2/c12-6-1-2-7(13)10(14)9(6)5-3-8(17(18)19)11(15)16-4-5/h1-4H,(H2,15,16). The lowest BCUT2D eigenvalue weighted by atomic mass is 10.1. The molecule has 0 fully saturated rings. The van der Waals surface area contributed by atoms with Gasteiger partial charge in [0, 0.05) is 23.4 Å². The van der Waals surface area contributed by atoms with E-state index in [2.05, 4.69) is 4.98 Å². The van der Waals surface area contributed by atoms with Gasteiger partial charge in [-0.3, -0.25) is 10.1 Å². The van der Waals surface area contributed by atoms with E-state index in [1.165, 1.54) is 18.3 Å². The van der Waals surface area contributed by atoms with Gasteiger partial charge >= 0.3 is 5.69 Å². The topological polar surface area (TPSA) is 82.0 Å². The lowest BCUT2D eigenvalue weighted by Gasteiger charge is -2.08. The van der Waals surface area contributed by atoms with Crippen molar-refractivity contribution in [3.63, 3.8) is 0 Å². The number of rotatable bonds is 2. The minimum absolute atomic E-state index is 0.178. The van der Waals surface area contributed by atoms with Gasteiger partial charge in [-0.15, -0.1) is 0 Å². The summed E-state index contributed by atoms with van der Waals surface area (Å²) < 4.78 is 0. The molecule has 8 heteroatoms. The zero-order valence-electron chi connectivity index (χ0n) is 9.23. The summed E-state index contributed by atoms with van der Waals surface area (Å²) in [6.45, 7) is 0. The predicted molar refractivity (Wildman–Crippen MR) is 75.8 cm³/mol. The molecule has 19 heavy (non-hydrogen) atoms. The summed E-state index contributed by atoms with van der Waals surface area (Å²) in [5.41, 5.74) is 5.87. The van der Waals surface area contributed by atoms with Crippen molar-refractivity contribution < 1.29 is 4.92 Å². The third-order valence-electron chi connectivity index (χ3n) is 2.43. The van der Waals surface area contributed by atoms with E-state index >= 15 is 0 Å². The van der Waals surface area contributed by atoms with Crippen molar-refractivity contribution in [2.24, 2.45) is 0 Å². The van der Waals surface area contributed by atoms with Gasteiger partial charge in [0.25, 0.3) is 0 Å². The number of pyridine rings is 1. The van der Waals surface area contributed by atoms with Crippen LogP contribution in [0.15, 0.2) is 24.4 Å². The van der Waals surface area contributed by atoms with Crippen molar-refractivity contribution in [2.75, 3.05) is 5.73 Å². The van der Waals surface area contributed by atoms with Crippen LogP contribution in [-0.4, -0.2) is 9.91 Å². The van der Waals surface area contributed by atoms with Crippen LogP contribution in [0, 0.1) is 10.1 Å². The van der Waals surface area contributed by atoms with Crippen molar-refractivity contribution in [2.45, 2.75) is 0 Å². The number of hydrogen-bond acceptors (Lipinski definition) is 4. The van der Waals surface area contributed by atoms with Gasteiger partial charge < -0.3 is 5.73 Å². The molecule has 0 aliphatic rings. The van der Waals surface area contributed by atoms with Crippen LogP contribution in [0.4, 0.5) is 11.5 Å². The van der Waals surface area contributed by atoms with Crippen molar-refractivity contribution in [1.29, 1.82) is 0 Å². The van der Waals surface area contributed by atoms with Crippen molar-refractivity contribution in [1.82, 2.24) is 4.98 Å². The molecule has 2 aromatic rings. The van der Waals surface area contributed by atoms with Gasteiger partial charge in [0.2, 0.25) is 5.82 Å². The van der Waals surface area contributed by atoms with Crippen molar-refractivity contribution in [3.05, 3.63) is 49.6 Å². The largest absolute Gasteiger partial charge is 0.378 e. The first-order chi connectivity index (χ1) is 8.91. The molecule has 98 valence electrons. The molecular weight excluding hydrogens is 312 g/mol. The lowest BCUT2D eigenvalue weighted by Crippen LogP contribution is -1.99. The van der Waals surface area contributed by atoms with E-state index in [0.29, 0.717) is 21.2 Å². The molecule has 0 unspecified atom stereocenters. The highest BCUT2D eigenvalue weighted by molar-refractivity contribution is 6.46. The Morgan fingerprint density at radius 1 is 1.21 bits per heavy atom. The molecule has 0 amide bonds. The highest BCUT2D eigenvalue weighted by Gasteiger charge is 2.18. The Morgan fingerprint density at radius 2 is 1.84 bits per heavy atom. The van der Waals surface area contributed by atoms with Crippen LogP contribution in [0.2, 0.25) is 15.1 Å². The van der Waals surface area contributed by atoms with Gasteiger partial charge in [0.05, 0.1) is 20.0 Å². The number of benzene rings is 1. The van der Waals surface area contributed by atoms with Crippen molar-refractivity contribution in [3.8, 4) is 11.1 Å². The zero-order valence-corrected chi connectivity index (χ0v) is 11.5. The van der Waals surface area contributed by atoms with Gasteiger partial charge in [-0.05, 0) is 12.1 Å². The fraction of sp³-hybridized carbons (Fsp3) is 0. The summed E-state index contributed by atoms with van der Waals surface area (Å²) in [7, 11) is 0. The second-order valence-electron chi connectivity index (χ2n) is 3.60. The number of nitrogens with two attached hydrogens (primary N) is 1. The molecule has 0 spiro atoms. The highest BCUT2D eigenvalue weighted by atomic mass is 35.5. The van der Waals surface area contributed by atoms with E-state index in [1.807, 2.05) is 0 Å². The zero-order chi connectivity index (χ0) is 14.2. The number of halogens is 3. The molecule has 1 heterocycles. The molecule has 1 aromatic heterocycles. The van der Waals surface area contributed by atoms with Crippen LogP contribution < -0.4 is 5.73 Å². The number of aromatic nitrogens is 1. The first kappa shape index (κ1) is 13.9. The Bertz CT molecular complexity index is 676. The predicted octanol–water partition coefficient (Wildman–Crippen LogP) is 4.20. The smallest absolute Gasteiger partial charge is 0.311 e. The lowest BCUT2D eigenvalue weighted by molar-refractivity contribution is -0.384. The third kappa shape index (κ3) is 2.58. The van der Waals surface area contributed by atoms with Gasteiger partial charge in [0.1, 0.15) is 0 Å². The van der Waals surface area contributed by atoms with Gasteiger partial charge in [-0.25, -0.2) is 4.98 Å². The van der Waals surface area contributed by atoms with Gasteiger partial charge in [-0.1, -0.05) is 34.8 Å². The molecule has 0 radical (unpaired) electrons. The molecule has 0 saturated heterocycles. The third-order valence-corrected chi connectivity index (χ3v) is 3.55. The SMILES string of the molecule is Nc1ncc(-c2c(Cl)ccc(Cl)c2Cl)cc1[N+](=O)[O-]. The number of hydrogen-bond donors (Lipinski definition) is 1. The van der Waals surface area contributed by atoms with Crippen LogP contribution in [0.25, 0.3) is 11.1 Å². The van der Waals surface area contributed by atoms with Gasteiger partial charge in [0.15, 0.2) is 0 Å². The summed E-state index contributed by atoms with van der Waals surface area (Å²) >= 11 is 18.0. The molecule has 2 N–H and O–H groups in total. The van der Waals surface area contributed by atoms with Gasteiger partial charge in [-0.2, -0.15) is 0 Å². The maximum absolute atomic E-state index is 10.8. The molecule has 0 aliphatic heterocycles. The highest BCUT2D eigenvalue weighted by Crippen LogP contribution is 2.40. The molecule has 5 nitrogen and oxygen atoms in total. The Morgan fingerprint density at radius 3 is 2.47 bits per heavy atom. The Labute approximate surface area is 123 Å². The maximum atomic E-state index is 10.8. The molecule has 0 aliphatic carbocycles. The Hall–Kier alpha value is -1.56. The second-order valence-corrected chi connectivity index (χ2v) is 4.80. The molecule has 0 atom stereocenters. The number of nitrogens with zero attached hydrogens (tertiary/aromatic N) is 2. The Kier molecular flexibility index (Phi) is 3.80. The summed E-state index contributed by atoms with van der Waals surface area (Å²) in [5, 5.41) is 11.6. The van der Waals surface area contributed by atoms with Crippen molar-refractivity contribution >= 4 is 46.3 Å². The second kappa shape index (κ2) is 5.21. The van der Waals surface area contributed by atoms with Crippen LogP contribution >= 0.6 is 34.8 Å².